The number of fused-ring (bicyclic) bond motifs is 3. The molecule has 0 radical (unpaired) electrons. The molecule has 1 saturated carbocycles. The highest BCUT2D eigenvalue weighted by molar-refractivity contribution is 7.19. The molecule has 2 aromatic rings. The summed E-state index contributed by atoms with van der Waals surface area (Å²) in [5.74, 6) is 1.47. The zero-order valence-corrected chi connectivity index (χ0v) is 24.2. The van der Waals surface area contributed by atoms with E-state index < -0.39 is 5.54 Å². The Kier molecular flexibility index (Phi) is 8.02. The van der Waals surface area contributed by atoms with Crippen LogP contribution in [0.1, 0.15) is 94.4 Å². The molecule has 1 N–H and O–H groups in total. The second kappa shape index (κ2) is 11.1. The van der Waals surface area contributed by atoms with Gasteiger partial charge in [-0.1, -0.05) is 46.5 Å². The zero-order valence-electron chi connectivity index (χ0n) is 23.4. The zero-order chi connectivity index (χ0) is 26.2. The maximum absolute atomic E-state index is 14.0. The Labute approximate surface area is 226 Å². The van der Waals surface area contributed by atoms with Gasteiger partial charge in [0.25, 0.3) is 5.91 Å². The number of amides is 2. The molecule has 37 heavy (non-hydrogen) atoms. The SMILES string of the molecule is CCc1cc2c(cc3n2C[C@@](C)(C(=O)NC2CCCCCC2)N(CCCN2C[C@H](C)C[C@H](C)C2)C3=O)s1. The molecule has 2 amide bonds. The highest BCUT2D eigenvalue weighted by Gasteiger charge is 2.48. The molecule has 7 heteroatoms. The van der Waals surface area contributed by atoms with E-state index in [1.54, 1.807) is 11.3 Å². The van der Waals surface area contributed by atoms with Crippen molar-refractivity contribution in [2.24, 2.45) is 11.8 Å². The van der Waals surface area contributed by atoms with E-state index in [9.17, 15) is 9.59 Å². The minimum Gasteiger partial charge on any atom is -0.351 e. The molecule has 4 heterocycles. The highest BCUT2D eigenvalue weighted by atomic mass is 32.1. The minimum absolute atomic E-state index is 0.00611. The summed E-state index contributed by atoms with van der Waals surface area (Å²) < 4.78 is 3.29. The summed E-state index contributed by atoms with van der Waals surface area (Å²) in [6, 6.07) is 4.50. The largest absolute Gasteiger partial charge is 0.351 e. The Morgan fingerprint density at radius 3 is 2.46 bits per heavy atom. The molecule has 6 nitrogen and oxygen atoms in total. The van der Waals surface area contributed by atoms with Crippen LogP contribution in [0.3, 0.4) is 0 Å². The second-order valence-corrected chi connectivity index (χ2v) is 13.6. The Morgan fingerprint density at radius 2 is 1.78 bits per heavy atom. The molecule has 204 valence electrons. The molecule has 3 atom stereocenters. The number of carbonyl (C=O) groups is 2. The number of aryl methyl sites for hydroxylation is 1. The Bertz CT molecular complexity index is 1100. The van der Waals surface area contributed by atoms with Crippen LogP contribution in [0.4, 0.5) is 0 Å². The van der Waals surface area contributed by atoms with E-state index in [4.69, 9.17) is 0 Å². The molecule has 0 bridgehead atoms. The third-order valence-electron chi connectivity index (χ3n) is 9.00. The quantitative estimate of drug-likeness (QED) is 0.472. The van der Waals surface area contributed by atoms with E-state index >= 15 is 0 Å². The van der Waals surface area contributed by atoms with Gasteiger partial charge in [-0.3, -0.25) is 9.59 Å². The molecular weight excluding hydrogens is 480 g/mol. The summed E-state index contributed by atoms with van der Waals surface area (Å²) in [6.45, 7) is 13.2. The molecule has 1 aliphatic carbocycles. The van der Waals surface area contributed by atoms with E-state index in [1.807, 2.05) is 11.8 Å². The van der Waals surface area contributed by atoms with Crippen LogP contribution in [0.5, 0.6) is 0 Å². The Morgan fingerprint density at radius 1 is 1.08 bits per heavy atom. The van der Waals surface area contributed by atoms with Gasteiger partial charge in [0.1, 0.15) is 11.2 Å². The molecule has 5 rings (SSSR count). The molecular formula is C30H46N4O2S. The average Bonchev–Trinajstić information content (AvgIpc) is 3.29. The molecule has 0 aromatic carbocycles. The van der Waals surface area contributed by atoms with Crippen LogP contribution < -0.4 is 5.32 Å². The fraction of sp³-hybridized carbons (Fsp3) is 0.733. The van der Waals surface area contributed by atoms with Crippen molar-refractivity contribution in [2.45, 2.75) is 104 Å². The van der Waals surface area contributed by atoms with Gasteiger partial charge in [0.15, 0.2) is 0 Å². The van der Waals surface area contributed by atoms with E-state index in [0.717, 1.165) is 73.1 Å². The first kappa shape index (κ1) is 26.7. The number of thiophene rings is 1. The van der Waals surface area contributed by atoms with Crippen molar-refractivity contribution >= 4 is 33.4 Å². The van der Waals surface area contributed by atoms with Crippen LogP contribution in [0.15, 0.2) is 12.1 Å². The lowest BCUT2D eigenvalue weighted by Crippen LogP contribution is -2.65. The Balaban J connectivity index is 1.39. The molecule has 0 spiro atoms. The fourth-order valence-electron chi connectivity index (χ4n) is 7.10. The number of nitrogens with one attached hydrogen (secondary N) is 1. The van der Waals surface area contributed by atoms with Gasteiger partial charge >= 0.3 is 0 Å². The molecule has 1 saturated heterocycles. The first-order chi connectivity index (χ1) is 17.8. The van der Waals surface area contributed by atoms with E-state index in [2.05, 4.69) is 47.7 Å². The normalized spacial score (nSPS) is 27.9. The van der Waals surface area contributed by atoms with Gasteiger partial charge in [-0.15, -0.1) is 11.3 Å². The van der Waals surface area contributed by atoms with Gasteiger partial charge in [-0.25, -0.2) is 0 Å². The summed E-state index contributed by atoms with van der Waals surface area (Å²) in [6.07, 6.45) is 10.1. The van der Waals surface area contributed by atoms with E-state index in [1.165, 1.54) is 37.0 Å². The molecule has 2 fully saturated rings. The van der Waals surface area contributed by atoms with Gasteiger partial charge in [0.05, 0.1) is 16.8 Å². The molecule has 2 aromatic heterocycles. The number of likely N-dealkylation sites (tertiary alicyclic amines) is 1. The molecule has 2 aliphatic heterocycles. The summed E-state index contributed by atoms with van der Waals surface area (Å²) in [7, 11) is 0. The van der Waals surface area contributed by atoms with Crippen LogP contribution in [0.25, 0.3) is 10.2 Å². The number of hydrogen-bond acceptors (Lipinski definition) is 4. The number of rotatable bonds is 7. The van der Waals surface area contributed by atoms with Gasteiger partial charge in [-0.05, 0) is 69.5 Å². The lowest BCUT2D eigenvalue weighted by Gasteiger charge is -2.45. The standard InChI is InChI=1S/C30H46N4O2S/c1-5-24-16-25-27(37-24)17-26-28(35)34(14-10-13-32-18-21(2)15-22(3)19-32)30(4,20-33(25)26)29(36)31-23-11-8-6-7-9-12-23/h16-17,21-23H,5-15,18-20H2,1-4H3,(H,31,36)/t21-,22+,30-/m0/s1. The van der Waals surface area contributed by atoms with Crippen LogP contribution in [-0.4, -0.2) is 63.9 Å². The van der Waals surface area contributed by atoms with Gasteiger partial charge in [0.2, 0.25) is 5.91 Å². The van der Waals surface area contributed by atoms with Gasteiger partial charge in [-0.2, -0.15) is 0 Å². The highest BCUT2D eigenvalue weighted by Crippen LogP contribution is 2.36. The average molecular weight is 527 g/mol. The van der Waals surface area contributed by atoms with Crippen LogP contribution in [-0.2, 0) is 17.8 Å². The van der Waals surface area contributed by atoms with Crippen LogP contribution in [0.2, 0.25) is 0 Å². The van der Waals surface area contributed by atoms with Crippen molar-refractivity contribution in [1.82, 2.24) is 19.7 Å². The maximum atomic E-state index is 14.0. The lowest BCUT2D eigenvalue weighted by molar-refractivity contribution is -0.133. The smallest absolute Gasteiger partial charge is 0.271 e. The molecule has 3 aliphatic rings. The van der Waals surface area contributed by atoms with Crippen LogP contribution in [0, 0.1) is 11.8 Å². The predicted molar refractivity (Wildman–Crippen MR) is 152 cm³/mol. The van der Waals surface area contributed by atoms with Crippen molar-refractivity contribution in [3.63, 3.8) is 0 Å². The van der Waals surface area contributed by atoms with Crippen molar-refractivity contribution in [3.8, 4) is 0 Å². The number of piperidine rings is 1. The van der Waals surface area contributed by atoms with Crippen LogP contribution >= 0.6 is 11.3 Å². The number of hydrogen-bond donors (Lipinski definition) is 1. The Hall–Kier alpha value is -1.86. The summed E-state index contributed by atoms with van der Waals surface area (Å²) in [5.41, 5.74) is 0.956. The van der Waals surface area contributed by atoms with Crippen molar-refractivity contribution < 1.29 is 9.59 Å². The van der Waals surface area contributed by atoms with Crippen molar-refractivity contribution in [3.05, 3.63) is 22.7 Å². The second-order valence-electron chi connectivity index (χ2n) is 12.4. The van der Waals surface area contributed by atoms with Gasteiger partial charge < -0.3 is 19.7 Å². The summed E-state index contributed by atoms with van der Waals surface area (Å²) >= 11 is 1.77. The third kappa shape index (κ3) is 5.49. The predicted octanol–water partition coefficient (Wildman–Crippen LogP) is 5.69. The van der Waals surface area contributed by atoms with E-state index in [-0.39, 0.29) is 17.9 Å². The van der Waals surface area contributed by atoms with Gasteiger partial charge in [0, 0.05) is 30.6 Å². The lowest BCUT2D eigenvalue weighted by atomic mass is 9.91. The number of nitrogens with zero attached hydrogens (tertiary/aromatic N) is 3. The fourth-order valence-corrected chi connectivity index (χ4v) is 8.15. The van der Waals surface area contributed by atoms with Crippen molar-refractivity contribution in [1.29, 1.82) is 0 Å². The first-order valence-electron chi connectivity index (χ1n) is 14.8. The maximum Gasteiger partial charge on any atom is 0.271 e. The number of aromatic nitrogens is 1. The molecule has 0 unspecified atom stereocenters. The first-order valence-corrected chi connectivity index (χ1v) is 15.6. The van der Waals surface area contributed by atoms with E-state index in [0.29, 0.717) is 13.1 Å². The minimum atomic E-state index is -0.890. The monoisotopic (exact) mass is 526 g/mol. The number of carbonyl (C=O) groups excluding carboxylic acids is 2. The summed E-state index contributed by atoms with van der Waals surface area (Å²) in [5, 5.41) is 3.40. The third-order valence-corrected chi connectivity index (χ3v) is 10.2. The summed E-state index contributed by atoms with van der Waals surface area (Å²) in [4.78, 5) is 33.8. The topological polar surface area (TPSA) is 57.6 Å². The van der Waals surface area contributed by atoms with Crippen molar-refractivity contribution in [2.75, 3.05) is 26.2 Å².